The van der Waals surface area contributed by atoms with Gasteiger partial charge in [0.1, 0.15) is 12.4 Å². The monoisotopic (exact) mass is 270 g/mol. The molecule has 19 heavy (non-hydrogen) atoms. The predicted molar refractivity (Wildman–Crippen MR) is 66.7 cm³/mol. The van der Waals surface area contributed by atoms with Crippen LogP contribution in [0.1, 0.15) is 6.92 Å². The number of hydrogen-bond acceptors (Lipinski definition) is 6. The lowest BCUT2D eigenvalue weighted by Gasteiger charge is -2.37. The van der Waals surface area contributed by atoms with E-state index in [1.165, 1.54) is 12.4 Å². The molecule has 2 rings (SSSR count). The van der Waals surface area contributed by atoms with Gasteiger partial charge in [-0.15, -0.1) is 0 Å². The summed E-state index contributed by atoms with van der Waals surface area (Å²) in [4.78, 5) is 12.3. The summed E-state index contributed by atoms with van der Waals surface area (Å²) < 4.78 is 7.02. The SMILES string of the molecule is CC1COC(CO)CN1CCn1cc([N+](=O)[O-])cn1. The van der Waals surface area contributed by atoms with E-state index >= 15 is 0 Å². The van der Waals surface area contributed by atoms with Crippen LogP contribution in [0.5, 0.6) is 0 Å². The second-order valence-corrected chi connectivity index (χ2v) is 4.70. The molecule has 0 amide bonds. The molecule has 106 valence electrons. The van der Waals surface area contributed by atoms with Crippen LogP contribution in [0.3, 0.4) is 0 Å². The van der Waals surface area contributed by atoms with Gasteiger partial charge in [-0.2, -0.15) is 5.10 Å². The third-order valence-corrected chi connectivity index (χ3v) is 3.29. The first-order valence-electron chi connectivity index (χ1n) is 6.23. The molecular weight excluding hydrogens is 252 g/mol. The fourth-order valence-electron chi connectivity index (χ4n) is 2.10. The topological polar surface area (TPSA) is 93.7 Å². The lowest BCUT2D eigenvalue weighted by atomic mass is 10.2. The van der Waals surface area contributed by atoms with Crippen molar-refractivity contribution in [2.24, 2.45) is 0 Å². The smallest absolute Gasteiger partial charge is 0.306 e. The van der Waals surface area contributed by atoms with Gasteiger partial charge in [0.2, 0.25) is 0 Å². The molecule has 8 nitrogen and oxygen atoms in total. The van der Waals surface area contributed by atoms with E-state index in [9.17, 15) is 10.1 Å². The average Bonchev–Trinajstić information content (AvgIpc) is 2.87. The van der Waals surface area contributed by atoms with E-state index in [1.807, 2.05) is 0 Å². The molecule has 1 aliphatic rings. The van der Waals surface area contributed by atoms with Crippen molar-refractivity contribution in [3.8, 4) is 0 Å². The van der Waals surface area contributed by atoms with E-state index in [1.54, 1.807) is 4.68 Å². The quantitative estimate of drug-likeness (QED) is 0.592. The highest BCUT2D eigenvalue weighted by atomic mass is 16.6. The Labute approximate surface area is 110 Å². The second kappa shape index (κ2) is 6.09. The van der Waals surface area contributed by atoms with Crippen LogP contribution >= 0.6 is 0 Å². The first kappa shape index (κ1) is 13.9. The molecule has 0 saturated carbocycles. The van der Waals surface area contributed by atoms with Crippen molar-refractivity contribution < 1.29 is 14.8 Å². The minimum Gasteiger partial charge on any atom is -0.394 e. The van der Waals surface area contributed by atoms with Crippen LogP contribution in [0.4, 0.5) is 5.69 Å². The highest BCUT2D eigenvalue weighted by Crippen LogP contribution is 2.12. The van der Waals surface area contributed by atoms with Gasteiger partial charge in [-0.25, -0.2) is 0 Å². The maximum Gasteiger partial charge on any atom is 0.306 e. The molecule has 1 N–H and O–H groups in total. The van der Waals surface area contributed by atoms with Crippen molar-refractivity contribution in [2.75, 3.05) is 26.3 Å². The maximum absolute atomic E-state index is 10.6. The first-order valence-corrected chi connectivity index (χ1v) is 6.23. The Morgan fingerprint density at radius 2 is 2.42 bits per heavy atom. The Kier molecular flexibility index (Phi) is 4.46. The summed E-state index contributed by atoms with van der Waals surface area (Å²) in [6.07, 6.45) is 2.52. The van der Waals surface area contributed by atoms with Gasteiger partial charge in [-0.1, -0.05) is 0 Å². The van der Waals surface area contributed by atoms with Crippen LogP contribution in [0, 0.1) is 10.1 Å². The van der Waals surface area contributed by atoms with Crippen molar-refractivity contribution in [3.05, 3.63) is 22.5 Å². The molecule has 0 bridgehead atoms. The normalized spacial score (nSPS) is 24.5. The van der Waals surface area contributed by atoms with Crippen molar-refractivity contribution in [2.45, 2.75) is 25.6 Å². The first-order chi connectivity index (χ1) is 9.10. The Morgan fingerprint density at radius 3 is 3.05 bits per heavy atom. The molecule has 0 aromatic carbocycles. The second-order valence-electron chi connectivity index (χ2n) is 4.70. The highest BCUT2D eigenvalue weighted by Gasteiger charge is 2.25. The summed E-state index contributed by atoms with van der Waals surface area (Å²) in [5.41, 5.74) is 0.00302. The lowest BCUT2D eigenvalue weighted by Crippen LogP contribution is -2.50. The number of nitro groups is 1. The Balaban J connectivity index is 1.87. The summed E-state index contributed by atoms with van der Waals surface area (Å²) in [7, 11) is 0. The molecule has 1 aliphatic heterocycles. The average molecular weight is 270 g/mol. The molecule has 0 spiro atoms. The molecular formula is C11H18N4O4. The Hall–Kier alpha value is -1.51. The Bertz CT molecular complexity index is 436. The number of morpholine rings is 1. The van der Waals surface area contributed by atoms with Crippen molar-refractivity contribution in [1.82, 2.24) is 14.7 Å². The summed E-state index contributed by atoms with van der Waals surface area (Å²) in [5.74, 6) is 0. The van der Waals surface area contributed by atoms with Crippen LogP contribution in [-0.2, 0) is 11.3 Å². The minimum absolute atomic E-state index is 0.00302. The molecule has 0 radical (unpaired) electrons. The van der Waals surface area contributed by atoms with Gasteiger partial charge in [0.05, 0.1) is 30.8 Å². The van der Waals surface area contributed by atoms with Crippen LogP contribution in [0.15, 0.2) is 12.4 Å². The molecule has 1 fully saturated rings. The van der Waals surface area contributed by atoms with E-state index in [0.29, 0.717) is 19.7 Å². The van der Waals surface area contributed by atoms with Crippen molar-refractivity contribution in [1.29, 1.82) is 0 Å². The van der Waals surface area contributed by atoms with Crippen LogP contribution in [-0.4, -0.2) is 63.2 Å². The molecule has 8 heteroatoms. The van der Waals surface area contributed by atoms with Gasteiger partial charge < -0.3 is 9.84 Å². The van der Waals surface area contributed by atoms with Crippen LogP contribution < -0.4 is 0 Å². The number of ether oxygens (including phenoxy) is 1. The molecule has 1 aromatic heterocycles. The van der Waals surface area contributed by atoms with Crippen molar-refractivity contribution in [3.63, 3.8) is 0 Å². The summed E-state index contributed by atoms with van der Waals surface area (Å²) in [6, 6.07) is 0.272. The van der Waals surface area contributed by atoms with Gasteiger partial charge in [-0.05, 0) is 6.92 Å². The number of rotatable bonds is 5. The zero-order valence-corrected chi connectivity index (χ0v) is 10.8. The maximum atomic E-state index is 10.6. The van der Waals surface area contributed by atoms with Gasteiger partial charge in [0, 0.05) is 19.1 Å². The van der Waals surface area contributed by atoms with Gasteiger partial charge in [-0.3, -0.25) is 19.7 Å². The van der Waals surface area contributed by atoms with Gasteiger partial charge in [0.25, 0.3) is 0 Å². The van der Waals surface area contributed by atoms with Crippen LogP contribution in [0.2, 0.25) is 0 Å². The summed E-state index contributed by atoms with van der Waals surface area (Å²) in [6.45, 7) is 4.62. The van der Waals surface area contributed by atoms with Gasteiger partial charge in [0.15, 0.2) is 0 Å². The fraction of sp³-hybridized carbons (Fsp3) is 0.727. The summed E-state index contributed by atoms with van der Waals surface area (Å²) in [5, 5.41) is 23.6. The van der Waals surface area contributed by atoms with Crippen LogP contribution in [0.25, 0.3) is 0 Å². The zero-order valence-electron chi connectivity index (χ0n) is 10.8. The number of aromatic nitrogens is 2. The fourth-order valence-corrected chi connectivity index (χ4v) is 2.10. The predicted octanol–water partition coefficient (Wildman–Crippen LogP) is -0.127. The third kappa shape index (κ3) is 3.49. The molecule has 2 heterocycles. The van der Waals surface area contributed by atoms with E-state index < -0.39 is 4.92 Å². The van der Waals surface area contributed by atoms with Crippen molar-refractivity contribution >= 4 is 5.69 Å². The molecule has 2 unspecified atom stereocenters. The number of aliphatic hydroxyl groups is 1. The van der Waals surface area contributed by atoms with E-state index in [0.717, 1.165) is 6.54 Å². The molecule has 1 aromatic rings. The van der Waals surface area contributed by atoms with E-state index in [2.05, 4.69) is 16.9 Å². The molecule has 0 aliphatic carbocycles. The molecule has 2 atom stereocenters. The highest BCUT2D eigenvalue weighted by molar-refractivity contribution is 5.20. The van der Waals surface area contributed by atoms with Gasteiger partial charge >= 0.3 is 5.69 Å². The lowest BCUT2D eigenvalue weighted by molar-refractivity contribution is -0.385. The largest absolute Gasteiger partial charge is 0.394 e. The number of nitrogens with zero attached hydrogens (tertiary/aromatic N) is 4. The van der Waals surface area contributed by atoms with E-state index in [-0.39, 0.29) is 24.4 Å². The third-order valence-electron chi connectivity index (χ3n) is 3.29. The number of aliphatic hydroxyl groups excluding tert-OH is 1. The Morgan fingerprint density at radius 1 is 1.63 bits per heavy atom. The number of hydrogen-bond donors (Lipinski definition) is 1. The zero-order chi connectivity index (χ0) is 13.8. The minimum atomic E-state index is -0.456. The summed E-state index contributed by atoms with van der Waals surface area (Å²) >= 11 is 0. The molecule has 1 saturated heterocycles. The van der Waals surface area contributed by atoms with E-state index in [4.69, 9.17) is 9.84 Å². The standard InChI is InChI=1S/C11H18N4O4/c1-9-8-19-11(7-16)6-13(9)2-3-14-5-10(4-12-14)15(17)18/h4-5,9,11,16H,2-3,6-8H2,1H3.